The molecular weight excluding hydrogens is 305 g/mol. The first kappa shape index (κ1) is 18.6. The fourth-order valence-electron chi connectivity index (χ4n) is 1.85. The maximum Gasteiger partial charge on any atom is 0.263 e. The maximum absolute atomic E-state index is 12.0. The summed E-state index contributed by atoms with van der Waals surface area (Å²) in [6.45, 7) is 2.63. The van der Waals surface area contributed by atoms with E-state index in [2.05, 4.69) is 17.2 Å². The average Bonchev–Trinajstić information content (AvgIpc) is 3.06. The zero-order valence-corrected chi connectivity index (χ0v) is 13.4. The molecule has 110 valence electrons. The van der Waals surface area contributed by atoms with Crippen LogP contribution in [0.1, 0.15) is 40.9 Å². The maximum atomic E-state index is 12.0. The van der Waals surface area contributed by atoms with Gasteiger partial charge in [-0.05, 0) is 31.6 Å². The lowest BCUT2D eigenvalue weighted by atomic mass is 10.2. The molecule has 0 radical (unpaired) electrons. The van der Waals surface area contributed by atoms with E-state index >= 15 is 0 Å². The van der Waals surface area contributed by atoms with Crippen LogP contribution in [-0.2, 0) is 6.42 Å². The van der Waals surface area contributed by atoms with E-state index in [1.807, 2.05) is 0 Å². The van der Waals surface area contributed by atoms with Gasteiger partial charge in [-0.3, -0.25) is 4.79 Å². The third-order valence-corrected chi connectivity index (χ3v) is 4.06. The highest BCUT2D eigenvalue weighted by atomic mass is 35.5. The number of nitrogens with zero attached hydrogens (tertiary/aromatic N) is 1. The highest BCUT2D eigenvalue weighted by Gasteiger charge is 2.31. The fraction of sp³-hybridized carbons (Fsp3) is 0.667. The molecule has 3 N–H and O–H groups in total. The summed E-state index contributed by atoms with van der Waals surface area (Å²) in [5, 5.41) is 4.04. The third kappa shape index (κ3) is 5.26. The second kappa shape index (κ2) is 8.74. The van der Waals surface area contributed by atoms with E-state index in [1.54, 1.807) is 6.20 Å². The van der Waals surface area contributed by atoms with Crippen molar-refractivity contribution in [2.45, 2.75) is 38.6 Å². The van der Waals surface area contributed by atoms with Crippen molar-refractivity contribution in [1.82, 2.24) is 10.3 Å². The standard InChI is InChI=1S/C12H19N3OS.2ClH/c1-2-3-11-14-7-10(17-11)12(16)15-9(6-13)8-4-5-8;;/h7-9H,2-6,13H2,1H3,(H,15,16);2*1H. The van der Waals surface area contributed by atoms with E-state index in [1.165, 1.54) is 24.2 Å². The molecule has 19 heavy (non-hydrogen) atoms. The van der Waals surface area contributed by atoms with Gasteiger partial charge in [-0.25, -0.2) is 4.98 Å². The average molecular weight is 326 g/mol. The van der Waals surface area contributed by atoms with Crippen LogP contribution in [0.5, 0.6) is 0 Å². The number of halogens is 2. The summed E-state index contributed by atoms with van der Waals surface area (Å²) < 4.78 is 0. The molecule has 1 fully saturated rings. The minimum absolute atomic E-state index is 0. The van der Waals surface area contributed by atoms with Gasteiger partial charge in [-0.1, -0.05) is 6.92 Å². The number of rotatable bonds is 6. The highest BCUT2D eigenvalue weighted by molar-refractivity contribution is 7.13. The minimum Gasteiger partial charge on any atom is -0.347 e. The van der Waals surface area contributed by atoms with E-state index in [4.69, 9.17) is 5.73 Å². The van der Waals surface area contributed by atoms with Crippen molar-refractivity contribution >= 4 is 42.1 Å². The quantitative estimate of drug-likeness (QED) is 0.843. The molecule has 1 amide bonds. The van der Waals surface area contributed by atoms with Crippen LogP contribution >= 0.6 is 36.2 Å². The summed E-state index contributed by atoms with van der Waals surface area (Å²) in [4.78, 5) is 16.9. The Morgan fingerprint density at radius 2 is 2.26 bits per heavy atom. The van der Waals surface area contributed by atoms with Gasteiger partial charge >= 0.3 is 0 Å². The molecule has 0 bridgehead atoms. The number of aryl methyl sites for hydroxylation is 1. The van der Waals surface area contributed by atoms with E-state index in [-0.39, 0.29) is 36.8 Å². The van der Waals surface area contributed by atoms with Gasteiger partial charge in [0.1, 0.15) is 4.88 Å². The van der Waals surface area contributed by atoms with Gasteiger partial charge < -0.3 is 11.1 Å². The molecule has 0 saturated heterocycles. The number of nitrogens with two attached hydrogens (primary N) is 1. The molecule has 7 heteroatoms. The number of hydrogen-bond donors (Lipinski definition) is 2. The number of thiazole rings is 1. The number of hydrogen-bond acceptors (Lipinski definition) is 4. The molecule has 1 aromatic heterocycles. The second-order valence-corrected chi connectivity index (χ2v) is 5.64. The van der Waals surface area contributed by atoms with Gasteiger partial charge in [-0.2, -0.15) is 0 Å². The van der Waals surface area contributed by atoms with Gasteiger partial charge in [-0.15, -0.1) is 36.2 Å². The lowest BCUT2D eigenvalue weighted by Crippen LogP contribution is -2.41. The zero-order valence-electron chi connectivity index (χ0n) is 10.9. The Balaban J connectivity index is 0.00000162. The Hall–Kier alpha value is -0.360. The van der Waals surface area contributed by atoms with Crippen molar-refractivity contribution in [3.63, 3.8) is 0 Å². The molecule has 1 unspecified atom stereocenters. The van der Waals surface area contributed by atoms with Gasteiger partial charge in [0.05, 0.1) is 11.2 Å². The van der Waals surface area contributed by atoms with Gasteiger partial charge in [0.2, 0.25) is 0 Å². The molecule has 1 saturated carbocycles. The van der Waals surface area contributed by atoms with Gasteiger partial charge in [0, 0.05) is 12.6 Å². The first-order valence-electron chi connectivity index (χ1n) is 6.20. The first-order chi connectivity index (χ1) is 8.24. The van der Waals surface area contributed by atoms with E-state index in [9.17, 15) is 4.79 Å². The van der Waals surface area contributed by atoms with Crippen LogP contribution in [-0.4, -0.2) is 23.5 Å². The van der Waals surface area contributed by atoms with Crippen molar-refractivity contribution in [3.8, 4) is 0 Å². The summed E-state index contributed by atoms with van der Waals surface area (Å²) in [6, 6.07) is 0.138. The lowest BCUT2D eigenvalue weighted by Gasteiger charge is -2.14. The fourth-order valence-corrected chi connectivity index (χ4v) is 2.77. The first-order valence-corrected chi connectivity index (χ1v) is 7.02. The molecule has 1 heterocycles. The number of nitrogens with one attached hydrogen (secondary N) is 1. The number of carbonyl (C=O) groups is 1. The van der Waals surface area contributed by atoms with Crippen LogP contribution in [0.2, 0.25) is 0 Å². The molecule has 1 aliphatic carbocycles. The van der Waals surface area contributed by atoms with E-state index < -0.39 is 0 Å². The molecule has 1 aromatic rings. The van der Waals surface area contributed by atoms with Crippen LogP contribution in [0.15, 0.2) is 6.20 Å². The molecule has 0 aliphatic heterocycles. The molecule has 1 atom stereocenters. The Kier molecular flexibility index (Phi) is 8.57. The number of carbonyl (C=O) groups excluding carboxylic acids is 1. The zero-order chi connectivity index (χ0) is 12.3. The van der Waals surface area contributed by atoms with Crippen molar-refractivity contribution in [1.29, 1.82) is 0 Å². The van der Waals surface area contributed by atoms with Crippen LogP contribution in [0, 0.1) is 5.92 Å². The SMILES string of the molecule is CCCc1ncc(C(=O)NC(CN)C2CC2)s1.Cl.Cl. The van der Waals surface area contributed by atoms with Crippen LogP contribution in [0.3, 0.4) is 0 Å². The summed E-state index contributed by atoms with van der Waals surface area (Å²) in [5.41, 5.74) is 5.67. The smallest absolute Gasteiger partial charge is 0.263 e. The summed E-state index contributed by atoms with van der Waals surface area (Å²) in [6.07, 6.45) is 6.05. The Bertz CT molecular complexity index is 396. The van der Waals surface area contributed by atoms with E-state index in [0.717, 1.165) is 17.8 Å². The second-order valence-electron chi connectivity index (χ2n) is 4.52. The van der Waals surface area contributed by atoms with Gasteiger partial charge in [0.25, 0.3) is 5.91 Å². The van der Waals surface area contributed by atoms with Crippen molar-refractivity contribution in [2.75, 3.05) is 6.54 Å². The third-order valence-electron chi connectivity index (χ3n) is 3.00. The van der Waals surface area contributed by atoms with Crippen LogP contribution in [0.4, 0.5) is 0 Å². The Morgan fingerprint density at radius 1 is 1.58 bits per heavy atom. The van der Waals surface area contributed by atoms with Crippen LogP contribution < -0.4 is 11.1 Å². The molecule has 4 nitrogen and oxygen atoms in total. The summed E-state index contributed by atoms with van der Waals surface area (Å²) in [7, 11) is 0. The van der Waals surface area contributed by atoms with Crippen molar-refractivity contribution in [3.05, 3.63) is 16.1 Å². The Labute approximate surface area is 130 Å². The molecule has 0 aromatic carbocycles. The van der Waals surface area contributed by atoms with Crippen molar-refractivity contribution < 1.29 is 4.79 Å². The summed E-state index contributed by atoms with van der Waals surface area (Å²) >= 11 is 1.49. The lowest BCUT2D eigenvalue weighted by molar-refractivity contribution is 0.0937. The number of amides is 1. The topological polar surface area (TPSA) is 68.0 Å². The Morgan fingerprint density at radius 3 is 2.79 bits per heavy atom. The van der Waals surface area contributed by atoms with Gasteiger partial charge in [0.15, 0.2) is 0 Å². The largest absolute Gasteiger partial charge is 0.347 e. The predicted molar refractivity (Wildman–Crippen MR) is 83.6 cm³/mol. The molecular formula is C12H21Cl2N3OS. The minimum atomic E-state index is -0.0211. The monoisotopic (exact) mass is 325 g/mol. The van der Waals surface area contributed by atoms with Crippen LogP contribution in [0.25, 0.3) is 0 Å². The highest BCUT2D eigenvalue weighted by Crippen LogP contribution is 2.32. The predicted octanol–water partition coefficient (Wildman–Crippen LogP) is 2.41. The molecule has 2 rings (SSSR count). The molecule has 0 spiro atoms. The normalized spacial score (nSPS) is 15.1. The number of aromatic nitrogens is 1. The van der Waals surface area contributed by atoms with E-state index in [0.29, 0.717) is 17.3 Å². The molecule has 1 aliphatic rings. The summed E-state index contributed by atoms with van der Waals surface area (Å²) in [5.74, 6) is 0.569. The van der Waals surface area contributed by atoms with Crippen molar-refractivity contribution in [2.24, 2.45) is 11.7 Å².